The number of hydrogen-bond acceptors (Lipinski definition) is 4. The van der Waals surface area contributed by atoms with Crippen LogP contribution in [0, 0.1) is 0 Å². The Labute approximate surface area is 118 Å². The number of anilines is 1. The summed E-state index contributed by atoms with van der Waals surface area (Å²) in [6, 6.07) is 9.70. The van der Waals surface area contributed by atoms with Crippen LogP contribution < -0.4 is 5.32 Å². The molecular weight excluding hydrogens is 282 g/mol. The normalized spacial score (nSPS) is 10.6. The van der Waals surface area contributed by atoms with Crippen molar-refractivity contribution < 1.29 is 4.79 Å². The summed E-state index contributed by atoms with van der Waals surface area (Å²) in [4.78, 5) is 20.5. The molecule has 1 amide bonds. The van der Waals surface area contributed by atoms with E-state index < -0.39 is 0 Å². The second-order valence-electron chi connectivity index (χ2n) is 3.83. The number of benzene rings is 1. The lowest BCUT2D eigenvalue weighted by Gasteiger charge is -2.01. The van der Waals surface area contributed by atoms with Crippen LogP contribution in [-0.2, 0) is 0 Å². The maximum atomic E-state index is 12.1. The molecule has 0 spiro atoms. The van der Waals surface area contributed by atoms with Crippen molar-refractivity contribution in [1.82, 2.24) is 9.97 Å². The van der Waals surface area contributed by atoms with Crippen LogP contribution in [0.5, 0.6) is 0 Å². The molecule has 94 valence electrons. The molecule has 0 radical (unpaired) electrons. The Morgan fingerprint density at radius 3 is 2.89 bits per heavy atom. The summed E-state index contributed by atoms with van der Waals surface area (Å²) in [7, 11) is 0. The third-order valence-electron chi connectivity index (χ3n) is 2.50. The lowest BCUT2D eigenvalue weighted by molar-refractivity contribution is 0.103. The summed E-state index contributed by atoms with van der Waals surface area (Å²) in [6.07, 6.45) is 2.87. The van der Waals surface area contributed by atoms with E-state index >= 15 is 0 Å². The monoisotopic (exact) mass is 289 g/mol. The van der Waals surface area contributed by atoms with Gasteiger partial charge in [-0.05, 0) is 17.5 Å². The number of hydrogen-bond donors (Lipinski definition) is 1. The van der Waals surface area contributed by atoms with Gasteiger partial charge in [0.05, 0.1) is 17.3 Å². The predicted octanol–water partition coefficient (Wildman–Crippen LogP) is 3.60. The minimum atomic E-state index is -0.210. The van der Waals surface area contributed by atoms with E-state index in [0.29, 0.717) is 10.7 Å². The van der Waals surface area contributed by atoms with E-state index in [2.05, 4.69) is 15.3 Å². The second-order valence-corrected chi connectivity index (χ2v) is 5.30. The number of thiophene rings is 1. The number of carbonyl (C=O) groups excluding carboxylic acids is 1. The second kappa shape index (κ2) is 4.95. The number of nitrogens with one attached hydrogen (secondary N) is 1. The molecule has 3 rings (SSSR count). The van der Waals surface area contributed by atoms with Gasteiger partial charge in [-0.15, -0.1) is 11.3 Å². The summed E-state index contributed by atoms with van der Waals surface area (Å²) < 4.78 is 1.07. The van der Waals surface area contributed by atoms with E-state index in [4.69, 9.17) is 11.6 Å². The molecule has 19 heavy (non-hydrogen) atoms. The molecule has 6 heteroatoms. The van der Waals surface area contributed by atoms with E-state index in [1.807, 2.05) is 30.3 Å². The van der Waals surface area contributed by atoms with Crippen LogP contribution in [-0.4, -0.2) is 15.9 Å². The van der Waals surface area contributed by atoms with Crippen molar-refractivity contribution >= 4 is 44.7 Å². The summed E-state index contributed by atoms with van der Waals surface area (Å²) in [6.45, 7) is 0. The van der Waals surface area contributed by atoms with Gasteiger partial charge in [-0.3, -0.25) is 9.78 Å². The number of nitrogens with zero attached hydrogens (tertiary/aromatic N) is 2. The molecule has 0 saturated carbocycles. The van der Waals surface area contributed by atoms with Crippen LogP contribution in [0.2, 0.25) is 5.15 Å². The first-order chi connectivity index (χ1) is 9.22. The van der Waals surface area contributed by atoms with E-state index in [0.717, 1.165) is 10.1 Å². The molecule has 1 N–H and O–H groups in total. The standard InChI is InChI=1S/C13H8ClN3OS/c14-11-6-15-7-12(16-11)17-13(18)10-5-8-3-1-2-4-9(8)19-10/h1-7H,(H,16,17,18). The summed E-state index contributed by atoms with van der Waals surface area (Å²) in [5.74, 6) is 0.132. The topological polar surface area (TPSA) is 54.9 Å². The molecule has 0 atom stereocenters. The highest BCUT2D eigenvalue weighted by Gasteiger charge is 2.11. The fraction of sp³-hybridized carbons (Fsp3) is 0. The lowest BCUT2D eigenvalue weighted by atomic mass is 10.2. The number of carbonyl (C=O) groups is 1. The van der Waals surface area contributed by atoms with Gasteiger partial charge < -0.3 is 5.32 Å². The van der Waals surface area contributed by atoms with Gasteiger partial charge in [0, 0.05) is 4.70 Å². The zero-order chi connectivity index (χ0) is 13.2. The number of aromatic nitrogens is 2. The first kappa shape index (κ1) is 12.1. The zero-order valence-electron chi connectivity index (χ0n) is 9.63. The largest absolute Gasteiger partial charge is 0.305 e. The smallest absolute Gasteiger partial charge is 0.266 e. The van der Waals surface area contributed by atoms with E-state index in [9.17, 15) is 4.79 Å². The van der Waals surface area contributed by atoms with Gasteiger partial charge in [0.2, 0.25) is 0 Å². The minimum Gasteiger partial charge on any atom is -0.305 e. The Morgan fingerprint density at radius 2 is 2.11 bits per heavy atom. The quantitative estimate of drug-likeness (QED) is 0.784. The molecule has 2 aromatic heterocycles. The summed E-state index contributed by atoms with van der Waals surface area (Å²) >= 11 is 7.15. The van der Waals surface area contributed by atoms with Gasteiger partial charge >= 0.3 is 0 Å². The number of fused-ring (bicyclic) bond motifs is 1. The van der Waals surface area contributed by atoms with Crippen molar-refractivity contribution in [2.75, 3.05) is 5.32 Å². The number of halogens is 1. The van der Waals surface area contributed by atoms with Crippen molar-refractivity contribution in [3.8, 4) is 0 Å². The van der Waals surface area contributed by atoms with Crippen molar-refractivity contribution in [2.45, 2.75) is 0 Å². The van der Waals surface area contributed by atoms with E-state index in [1.54, 1.807) is 0 Å². The number of rotatable bonds is 2. The maximum absolute atomic E-state index is 12.1. The molecular formula is C13H8ClN3OS. The molecule has 0 saturated heterocycles. The van der Waals surface area contributed by atoms with Crippen molar-refractivity contribution in [2.24, 2.45) is 0 Å². The highest BCUT2D eigenvalue weighted by atomic mass is 35.5. The molecule has 1 aromatic carbocycles. The Kier molecular flexibility index (Phi) is 3.15. The average molecular weight is 290 g/mol. The van der Waals surface area contributed by atoms with Gasteiger partial charge in [-0.25, -0.2) is 4.98 Å². The summed E-state index contributed by atoms with van der Waals surface area (Å²) in [5, 5.41) is 3.97. The van der Waals surface area contributed by atoms with Crippen molar-refractivity contribution in [3.05, 3.63) is 52.8 Å². The third kappa shape index (κ3) is 2.57. The van der Waals surface area contributed by atoms with Crippen LogP contribution in [0.25, 0.3) is 10.1 Å². The van der Waals surface area contributed by atoms with Crippen LogP contribution >= 0.6 is 22.9 Å². The molecule has 0 unspecified atom stereocenters. The highest BCUT2D eigenvalue weighted by Crippen LogP contribution is 2.25. The van der Waals surface area contributed by atoms with Crippen LogP contribution in [0.4, 0.5) is 5.82 Å². The van der Waals surface area contributed by atoms with Crippen molar-refractivity contribution in [3.63, 3.8) is 0 Å². The predicted molar refractivity (Wildman–Crippen MR) is 76.8 cm³/mol. The number of amides is 1. The Balaban J connectivity index is 1.87. The SMILES string of the molecule is O=C(Nc1cncc(Cl)n1)c1cc2ccccc2s1. The van der Waals surface area contributed by atoms with E-state index in [-0.39, 0.29) is 11.1 Å². The highest BCUT2D eigenvalue weighted by molar-refractivity contribution is 7.20. The minimum absolute atomic E-state index is 0.210. The van der Waals surface area contributed by atoms with Gasteiger partial charge in [0.15, 0.2) is 5.82 Å². The molecule has 0 fully saturated rings. The fourth-order valence-electron chi connectivity index (χ4n) is 1.67. The molecule has 3 aromatic rings. The first-order valence-electron chi connectivity index (χ1n) is 5.50. The fourth-order valence-corrected chi connectivity index (χ4v) is 2.78. The average Bonchev–Trinajstić information content (AvgIpc) is 2.82. The Hall–Kier alpha value is -1.98. The van der Waals surface area contributed by atoms with Crippen molar-refractivity contribution in [1.29, 1.82) is 0 Å². The zero-order valence-corrected chi connectivity index (χ0v) is 11.2. The van der Waals surface area contributed by atoms with E-state index in [1.165, 1.54) is 23.7 Å². The van der Waals surface area contributed by atoms with Gasteiger partial charge in [0.1, 0.15) is 5.15 Å². The van der Waals surface area contributed by atoms with Gasteiger partial charge in [-0.1, -0.05) is 29.8 Å². The lowest BCUT2D eigenvalue weighted by Crippen LogP contribution is -2.11. The molecule has 0 aliphatic rings. The van der Waals surface area contributed by atoms with Gasteiger partial charge in [0.25, 0.3) is 5.91 Å². The molecule has 2 heterocycles. The molecule has 4 nitrogen and oxygen atoms in total. The van der Waals surface area contributed by atoms with Gasteiger partial charge in [-0.2, -0.15) is 0 Å². The van der Waals surface area contributed by atoms with Crippen LogP contribution in [0.3, 0.4) is 0 Å². The van der Waals surface area contributed by atoms with Crippen LogP contribution in [0.15, 0.2) is 42.7 Å². The molecule has 0 aliphatic carbocycles. The van der Waals surface area contributed by atoms with Crippen LogP contribution in [0.1, 0.15) is 9.67 Å². The summed E-state index contributed by atoms with van der Waals surface area (Å²) in [5.41, 5.74) is 0. The molecule has 0 bridgehead atoms. The first-order valence-corrected chi connectivity index (χ1v) is 6.69. The maximum Gasteiger partial charge on any atom is 0.266 e. The Morgan fingerprint density at radius 1 is 1.26 bits per heavy atom. The Bertz CT molecular complexity index is 723. The molecule has 0 aliphatic heterocycles. The third-order valence-corrected chi connectivity index (χ3v) is 3.79.